The molecule has 1 atom stereocenters. The summed E-state index contributed by atoms with van der Waals surface area (Å²) in [6.45, 7) is 2.45. The van der Waals surface area contributed by atoms with Crippen molar-refractivity contribution in [2.45, 2.75) is 19.4 Å². The number of benzene rings is 1. The monoisotopic (exact) mass is 429 g/mol. The molecule has 2 N–H and O–H groups in total. The van der Waals surface area contributed by atoms with E-state index >= 15 is 0 Å². The van der Waals surface area contributed by atoms with Crippen LogP contribution in [0.5, 0.6) is 0 Å². The second-order valence-electron chi connectivity index (χ2n) is 6.74. The summed E-state index contributed by atoms with van der Waals surface area (Å²) in [5, 5.41) is 4.90. The van der Waals surface area contributed by atoms with Gasteiger partial charge >= 0.3 is 0 Å². The van der Waals surface area contributed by atoms with Gasteiger partial charge < -0.3 is 10.6 Å². The van der Waals surface area contributed by atoms with E-state index in [4.69, 9.17) is 17.3 Å². The lowest BCUT2D eigenvalue weighted by atomic mass is 10.0. The molecular weight excluding hydrogens is 410 g/mol. The predicted octanol–water partition coefficient (Wildman–Crippen LogP) is 3.27. The third kappa shape index (κ3) is 3.86. The molecule has 1 aliphatic heterocycles. The Morgan fingerprint density at radius 2 is 2.10 bits per heavy atom. The molecule has 4 rings (SSSR count). The minimum Gasteiger partial charge on any atom is -0.383 e. The summed E-state index contributed by atoms with van der Waals surface area (Å²) < 4.78 is 1.68. The molecule has 0 aliphatic carbocycles. The molecule has 0 saturated carbocycles. The lowest BCUT2D eigenvalue weighted by molar-refractivity contribution is 0.0951. The minimum atomic E-state index is -0.208. The van der Waals surface area contributed by atoms with Gasteiger partial charge in [-0.25, -0.2) is 4.98 Å². The quantitative estimate of drug-likeness (QED) is 0.642. The topological polar surface area (TPSA) is 94.1 Å². The molecule has 0 unspecified atom stereocenters. The zero-order valence-electron chi connectivity index (χ0n) is 15.7. The van der Waals surface area contributed by atoms with Gasteiger partial charge in [0, 0.05) is 35.4 Å². The van der Waals surface area contributed by atoms with E-state index in [0.717, 1.165) is 0 Å². The van der Waals surface area contributed by atoms with Crippen LogP contribution < -0.4 is 10.6 Å². The molecule has 2 aromatic heterocycles. The summed E-state index contributed by atoms with van der Waals surface area (Å²) >= 11 is 6.09. The fraction of sp³-hybridized carbons (Fsp3) is 0.200. The number of aromatic nitrogens is 3. The molecule has 1 aliphatic rings. The molecule has 1 amide bonds. The van der Waals surface area contributed by atoms with Crippen LogP contribution in [-0.2, 0) is 6.42 Å². The molecule has 0 saturated heterocycles. The van der Waals surface area contributed by atoms with Gasteiger partial charge in [-0.15, -0.1) is 0 Å². The number of Topliss-reactive ketones (excluding diaryl/α,β-unsaturated/α-hetero) is 1. The summed E-state index contributed by atoms with van der Waals surface area (Å²) in [5.74, 6) is -0.240. The van der Waals surface area contributed by atoms with Crippen LogP contribution >= 0.6 is 25.1 Å². The smallest absolute Gasteiger partial charge is 0.276 e. The van der Waals surface area contributed by atoms with Crippen LogP contribution in [0.15, 0.2) is 48.8 Å². The van der Waals surface area contributed by atoms with Crippen molar-refractivity contribution in [2.75, 3.05) is 17.2 Å². The Morgan fingerprint density at radius 1 is 1.31 bits per heavy atom. The first-order valence-electron chi connectivity index (χ1n) is 8.83. The van der Waals surface area contributed by atoms with E-state index in [1.54, 1.807) is 46.1 Å². The lowest BCUT2D eigenvalue weighted by Crippen LogP contribution is -2.43. The Hall–Kier alpha value is -2.84. The van der Waals surface area contributed by atoms with Gasteiger partial charge in [0.05, 0.1) is 17.8 Å². The number of anilines is 2. The Balaban J connectivity index is 0.00000240. The molecule has 7 nitrogen and oxygen atoms in total. The maximum atomic E-state index is 13.2. The Bertz CT molecular complexity index is 1080. The summed E-state index contributed by atoms with van der Waals surface area (Å²) in [5.41, 5.74) is 7.84. The molecular formula is C20H20ClN5O2S. The Morgan fingerprint density at radius 3 is 2.83 bits per heavy atom. The van der Waals surface area contributed by atoms with Crippen molar-refractivity contribution in [1.29, 1.82) is 0 Å². The first kappa shape index (κ1) is 20.9. The number of halogens is 1. The number of nitrogen functional groups attached to an aromatic ring is 1. The van der Waals surface area contributed by atoms with E-state index in [-0.39, 0.29) is 43.5 Å². The number of carbonyl (C=O) groups is 2. The molecule has 0 fully saturated rings. The molecule has 1 aromatic carbocycles. The van der Waals surface area contributed by atoms with Gasteiger partial charge in [-0.05, 0) is 37.3 Å². The van der Waals surface area contributed by atoms with Crippen molar-refractivity contribution in [3.8, 4) is 0 Å². The molecule has 0 bridgehead atoms. The van der Waals surface area contributed by atoms with Crippen LogP contribution in [0.4, 0.5) is 11.5 Å². The molecule has 29 heavy (non-hydrogen) atoms. The summed E-state index contributed by atoms with van der Waals surface area (Å²) in [7, 11) is 0. The number of hydrogen-bond acceptors (Lipinski definition) is 5. The summed E-state index contributed by atoms with van der Waals surface area (Å²) in [4.78, 5) is 31.5. The van der Waals surface area contributed by atoms with Crippen LogP contribution in [0.1, 0.15) is 39.4 Å². The third-order valence-corrected chi connectivity index (χ3v) is 5.03. The lowest BCUT2D eigenvalue weighted by Gasteiger charge is -2.32. The van der Waals surface area contributed by atoms with Crippen LogP contribution in [0.2, 0.25) is 5.02 Å². The zero-order valence-corrected chi connectivity index (χ0v) is 17.4. The van der Waals surface area contributed by atoms with E-state index < -0.39 is 0 Å². The summed E-state index contributed by atoms with van der Waals surface area (Å²) in [6, 6.07) is 10.4. The molecule has 3 aromatic rings. The number of ketones is 1. The van der Waals surface area contributed by atoms with Crippen molar-refractivity contribution in [2.24, 2.45) is 0 Å². The first-order valence-corrected chi connectivity index (χ1v) is 9.21. The zero-order chi connectivity index (χ0) is 19.8. The van der Waals surface area contributed by atoms with Gasteiger partial charge in [0.25, 0.3) is 5.91 Å². The fourth-order valence-electron chi connectivity index (χ4n) is 3.44. The molecule has 9 heteroatoms. The number of fused-ring (bicyclic) bond motifs is 1. The highest BCUT2D eigenvalue weighted by atomic mass is 35.5. The first-order chi connectivity index (χ1) is 13.5. The highest BCUT2D eigenvalue weighted by Crippen LogP contribution is 2.29. The van der Waals surface area contributed by atoms with Gasteiger partial charge in [-0.3, -0.25) is 14.3 Å². The van der Waals surface area contributed by atoms with Crippen LogP contribution in [0.25, 0.3) is 0 Å². The molecule has 150 valence electrons. The Labute approximate surface area is 179 Å². The number of nitrogens with zero attached hydrogens (tertiary/aromatic N) is 4. The van der Waals surface area contributed by atoms with E-state index in [9.17, 15) is 9.59 Å². The molecule has 0 radical (unpaired) electrons. The van der Waals surface area contributed by atoms with Crippen molar-refractivity contribution in [1.82, 2.24) is 14.8 Å². The minimum absolute atomic E-state index is 0. The largest absolute Gasteiger partial charge is 0.383 e. The number of pyridine rings is 1. The van der Waals surface area contributed by atoms with E-state index in [2.05, 4.69) is 10.1 Å². The maximum absolute atomic E-state index is 13.2. The van der Waals surface area contributed by atoms with Gasteiger partial charge in [-0.1, -0.05) is 17.7 Å². The molecule has 3 heterocycles. The van der Waals surface area contributed by atoms with Crippen LogP contribution in [-0.4, -0.2) is 33.0 Å². The second kappa shape index (κ2) is 8.26. The SMILES string of the molecule is C[C@H]1CN(c2cccc(Cl)c2)C(=O)c2c(CC(=O)c3cccnc3N)cnn21.S. The average Bonchev–Trinajstić information content (AvgIpc) is 3.09. The highest BCUT2D eigenvalue weighted by molar-refractivity contribution is 7.59. The van der Waals surface area contributed by atoms with Crippen LogP contribution in [0, 0.1) is 0 Å². The van der Waals surface area contributed by atoms with Gasteiger partial charge in [0.1, 0.15) is 11.5 Å². The standard InChI is InChI=1S/C20H18ClN5O2.H2S/c1-12-11-25(15-5-2-4-14(21)9-15)20(28)18-13(10-24-26(12)18)8-17(27)16-6-3-7-23-19(16)22;/h2-7,9-10,12H,8,11H2,1H3,(H2,22,23);1H2/t12-;/m0./s1. The molecule has 0 spiro atoms. The van der Waals surface area contributed by atoms with Gasteiger partial charge in [0.2, 0.25) is 0 Å². The second-order valence-corrected chi connectivity index (χ2v) is 7.18. The van der Waals surface area contributed by atoms with Crippen molar-refractivity contribution < 1.29 is 9.59 Å². The highest BCUT2D eigenvalue weighted by Gasteiger charge is 2.34. The number of rotatable bonds is 4. The Kier molecular flexibility index (Phi) is 5.95. The van der Waals surface area contributed by atoms with Crippen molar-refractivity contribution in [3.63, 3.8) is 0 Å². The van der Waals surface area contributed by atoms with Gasteiger partial charge in [-0.2, -0.15) is 18.6 Å². The van der Waals surface area contributed by atoms with E-state index in [1.165, 1.54) is 6.20 Å². The number of amides is 1. The number of nitrogens with two attached hydrogens (primary N) is 1. The normalized spacial score (nSPS) is 15.6. The van der Waals surface area contributed by atoms with Crippen LogP contribution in [0.3, 0.4) is 0 Å². The predicted molar refractivity (Wildman–Crippen MR) is 117 cm³/mol. The number of carbonyl (C=O) groups excluding carboxylic acids is 2. The third-order valence-electron chi connectivity index (χ3n) is 4.79. The van der Waals surface area contributed by atoms with E-state index in [0.29, 0.717) is 34.1 Å². The average molecular weight is 430 g/mol. The van der Waals surface area contributed by atoms with Crippen molar-refractivity contribution in [3.05, 3.63) is 70.6 Å². The fourth-order valence-corrected chi connectivity index (χ4v) is 3.62. The summed E-state index contributed by atoms with van der Waals surface area (Å²) in [6.07, 6.45) is 3.13. The maximum Gasteiger partial charge on any atom is 0.276 e. The van der Waals surface area contributed by atoms with Crippen molar-refractivity contribution >= 4 is 48.3 Å². The van der Waals surface area contributed by atoms with E-state index in [1.807, 2.05) is 13.0 Å². The van der Waals surface area contributed by atoms with Gasteiger partial charge in [0.15, 0.2) is 5.78 Å². The number of hydrogen-bond donors (Lipinski definition) is 1.